The van der Waals surface area contributed by atoms with Crippen LogP contribution in [0.15, 0.2) is 30.3 Å². The molecule has 1 heterocycles. The number of rotatable bonds is 5. The molecule has 0 aromatic heterocycles. The number of nitrogens with zero attached hydrogens (tertiary/aromatic N) is 1. The molecule has 100 valence electrons. The first kappa shape index (κ1) is 13.5. The molecule has 1 aromatic carbocycles. The molecule has 1 aliphatic rings. The van der Waals surface area contributed by atoms with Crippen molar-refractivity contribution in [3.05, 3.63) is 35.9 Å². The predicted molar refractivity (Wildman–Crippen MR) is 74.3 cm³/mol. The van der Waals surface area contributed by atoms with Crippen LogP contribution in [0.2, 0.25) is 0 Å². The number of ether oxygens (including phenoxy) is 1. The average Bonchev–Trinajstić information content (AvgIpc) is 2.93. The molecule has 0 amide bonds. The summed E-state index contributed by atoms with van der Waals surface area (Å²) in [5.41, 5.74) is 7.40. The van der Waals surface area contributed by atoms with Crippen molar-refractivity contribution in [1.82, 2.24) is 4.90 Å². The van der Waals surface area contributed by atoms with Crippen LogP contribution in [0.1, 0.15) is 18.9 Å². The molecule has 2 unspecified atom stereocenters. The highest BCUT2D eigenvalue weighted by Crippen LogP contribution is 2.30. The summed E-state index contributed by atoms with van der Waals surface area (Å²) in [7, 11) is 2.16. The lowest BCUT2D eigenvalue weighted by molar-refractivity contribution is 0.0609. The zero-order chi connectivity index (χ0) is 13.0. The van der Waals surface area contributed by atoms with E-state index in [1.54, 1.807) is 0 Å². The first-order chi connectivity index (χ1) is 8.66. The van der Waals surface area contributed by atoms with Crippen LogP contribution in [0.25, 0.3) is 0 Å². The Morgan fingerprint density at radius 1 is 1.39 bits per heavy atom. The third kappa shape index (κ3) is 2.74. The van der Waals surface area contributed by atoms with Crippen molar-refractivity contribution in [3.63, 3.8) is 0 Å². The fourth-order valence-electron chi connectivity index (χ4n) is 2.70. The molecule has 3 heteroatoms. The molecular weight excluding hydrogens is 224 g/mol. The van der Waals surface area contributed by atoms with Gasteiger partial charge in [-0.1, -0.05) is 30.3 Å². The predicted octanol–water partition coefficient (Wildman–Crippen LogP) is 1.87. The fourth-order valence-corrected chi connectivity index (χ4v) is 2.70. The Morgan fingerprint density at radius 2 is 2.11 bits per heavy atom. The maximum atomic E-state index is 6.04. The van der Waals surface area contributed by atoms with Gasteiger partial charge in [0.2, 0.25) is 0 Å². The Morgan fingerprint density at radius 3 is 2.67 bits per heavy atom. The van der Waals surface area contributed by atoms with E-state index in [-0.39, 0.29) is 5.54 Å². The van der Waals surface area contributed by atoms with Crippen molar-refractivity contribution in [2.75, 3.05) is 26.8 Å². The van der Waals surface area contributed by atoms with E-state index in [4.69, 9.17) is 10.5 Å². The van der Waals surface area contributed by atoms with Gasteiger partial charge in [0.15, 0.2) is 0 Å². The monoisotopic (exact) mass is 248 g/mol. The molecule has 18 heavy (non-hydrogen) atoms. The highest BCUT2D eigenvalue weighted by atomic mass is 16.5. The molecule has 0 saturated carbocycles. The van der Waals surface area contributed by atoms with E-state index in [1.807, 2.05) is 0 Å². The topological polar surface area (TPSA) is 38.5 Å². The van der Waals surface area contributed by atoms with Crippen LogP contribution in [-0.2, 0) is 11.3 Å². The van der Waals surface area contributed by atoms with Gasteiger partial charge < -0.3 is 10.5 Å². The van der Waals surface area contributed by atoms with E-state index in [2.05, 4.69) is 49.2 Å². The summed E-state index contributed by atoms with van der Waals surface area (Å²) >= 11 is 0. The summed E-state index contributed by atoms with van der Waals surface area (Å²) in [4.78, 5) is 2.38. The second-order valence-electron chi connectivity index (χ2n) is 5.46. The molecular formula is C15H24N2O. The highest BCUT2D eigenvalue weighted by molar-refractivity contribution is 5.15. The van der Waals surface area contributed by atoms with Gasteiger partial charge in [0.05, 0.1) is 6.61 Å². The lowest BCUT2D eigenvalue weighted by Crippen LogP contribution is -2.54. The number of nitrogens with two attached hydrogens (primary N) is 1. The van der Waals surface area contributed by atoms with E-state index >= 15 is 0 Å². The quantitative estimate of drug-likeness (QED) is 0.864. The third-order valence-corrected chi connectivity index (χ3v) is 4.36. The van der Waals surface area contributed by atoms with Gasteiger partial charge in [-0.05, 0) is 26.0 Å². The summed E-state index contributed by atoms with van der Waals surface area (Å²) in [5, 5.41) is 0. The van der Waals surface area contributed by atoms with E-state index < -0.39 is 0 Å². The molecule has 1 saturated heterocycles. The third-order valence-electron chi connectivity index (χ3n) is 4.36. The molecule has 3 nitrogen and oxygen atoms in total. The number of benzene rings is 1. The Labute approximate surface area is 110 Å². The van der Waals surface area contributed by atoms with Crippen LogP contribution in [0.3, 0.4) is 0 Å². The summed E-state index contributed by atoms with van der Waals surface area (Å²) in [6.07, 6.45) is 1.12. The van der Waals surface area contributed by atoms with Crippen LogP contribution in [-0.4, -0.2) is 37.2 Å². The van der Waals surface area contributed by atoms with Gasteiger partial charge in [0.25, 0.3) is 0 Å². The van der Waals surface area contributed by atoms with Crippen LogP contribution in [0.4, 0.5) is 0 Å². The van der Waals surface area contributed by atoms with Gasteiger partial charge in [-0.3, -0.25) is 4.90 Å². The zero-order valence-corrected chi connectivity index (χ0v) is 11.4. The second-order valence-corrected chi connectivity index (χ2v) is 5.46. The summed E-state index contributed by atoms with van der Waals surface area (Å²) in [6.45, 7) is 5.58. The van der Waals surface area contributed by atoms with Crippen molar-refractivity contribution in [1.29, 1.82) is 0 Å². The number of likely N-dealkylation sites (N-methyl/N-ethyl adjacent to an activating group) is 1. The molecule has 0 aliphatic carbocycles. The highest BCUT2D eigenvalue weighted by Gasteiger charge is 2.38. The number of hydrogen-bond acceptors (Lipinski definition) is 3. The first-order valence-corrected chi connectivity index (χ1v) is 6.70. The minimum atomic E-state index is 0.0202. The molecule has 0 bridgehead atoms. The van der Waals surface area contributed by atoms with Gasteiger partial charge in [0.1, 0.15) is 0 Å². The lowest BCUT2D eigenvalue weighted by atomic mass is 9.83. The maximum Gasteiger partial charge on any atom is 0.0513 e. The fraction of sp³-hybridized carbons (Fsp3) is 0.600. The largest absolute Gasteiger partial charge is 0.381 e. The van der Waals surface area contributed by atoms with Gasteiger partial charge in [0, 0.05) is 31.2 Å². The second kappa shape index (κ2) is 5.83. The van der Waals surface area contributed by atoms with Crippen molar-refractivity contribution in [2.24, 2.45) is 11.7 Å². The Hall–Kier alpha value is -0.900. The van der Waals surface area contributed by atoms with Gasteiger partial charge in [-0.15, -0.1) is 0 Å². The van der Waals surface area contributed by atoms with Gasteiger partial charge in [-0.2, -0.15) is 0 Å². The lowest BCUT2D eigenvalue weighted by Gasteiger charge is -2.42. The smallest absolute Gasteiger partial charge is 0.0513 e. The van der Waals surface area contributed by atoms with Crippen LogP contribution in [0.5, 0.6) is 0 Å². The Balaban J connectivity index is 2.07. The Bertz CT molecular complexity index is 362. The average molecular weight is 248 g/mol. The molecule has 1 aliphatic heterocycles. The molecule has 0 spiro atoms. The minimum absolute atomic E-state index is 0.0202. The molecule has 0 radical (unpaired) electrons. The van der Waals surface area contributed by atoms with Crippen LogP contribution in [0, 0.1) is 5.92 Å². The number of hydrogen-bond donors (Lipinski definition) is 1. The van der Waals surface area contributed by atoms with Crippen LogP contribution < -0.4 is 5.73 Å². The zero-order valence-electron chi connectivity index (χ0n) is 11.4. The van der Waals surface area contributed by atoms with Crippen molar-refractivity contribution in [3.8, 4) is 0 Å². The first-order valence-electron chi connectivity index (χ1n) is 6.70. The maximum absolute atomic E-state index is 6.04. The van der Waals surface area contributed by atoms with Gasteiger partial charge >= 0.3 is 0 Å². The molecule has 2 rings (SSSR count). The summed E-state index contributed by atoms with van der Waals surface area (Å²) in [6, 6.07) is 10.6. The molecule has 2 N–H and O–H groups in total. The molecule has 1 aromatic rings. The van der Waals surface area contributed by atoms with E-state index in [0.29, 0.717) is 12.5 Å². The molecule has 2 atom stereocenters. The normalized spacial score (nSPS) is 23.2. The van der Waals surface area contributed by atoms with E-state index in [1.165, 1.54) is 5.56 Å². The van der Waals surface area contributed by atoms with Crippen molar-refractivity contribution >= 4 is 0 Å². The van der Waals surface area contributed by atoms with E-state index in [0.717, 1.165) is 26.2 Å². The SMILES string of the molecule is CN(Cc1ccccc1)C(C)(CN)C1CCOC1. The van der Waals surface area contributed by atoms with E-state index in [9.17, 15) is 0 Å². The Kier molecular flexibility index (Phi) is 4.38. The minimum Gasteiger partial charge on any atom is -0.381 e. The van der Waals surface area contributed by atoms with Crippen LogP contribution >= 0.6 is 0 Å². The molecule has 1 fully saturated rings. The van der Waals surface area contributed by atoms with Crippen molar-refractivity contribution < 1.29 is 4.74 Å². The summed E-state index contributed by atoms with van der Waals surface area (Å²) < 4.78 is 5.52. The summed E-state index contributed by atoms with van der Waals surface area (Å²) in [5.74, 6) is 0.538. The van der Waals surface area contributed by atoms with Crippen molar-refractivity contribution in [2.45, 2.75) is 25.4 Å². The van der Waals surface area contributed by atoms with Gasteiger partial charge in [-0.25, -0.2) is 0 Å². The standard InChI is InChI=1S/C15H24N2O/c1-15(12-16,14-8-9-18-11-14)17(2)10-13-6-4-3-5-7-13/h3-7,14H,8-12,16H2,1-2H3.